The summed E-state index contributed by atoms with van der Waals surface area (Å²) in [5.41, 5.74) is 1.39. The molecule has 0 heterocycles. The van der Waals surface area contributed by atoms with Crippen LogP contribution in [0.15, 0.2) is 70.5 Å². The molecular formula is C24H20O8S2. The maximum atomic E-state index is 12.8. The van der Waals surface area contributed by atoms with Crippen molar-refractivity contribution < 1.29 is 34.7 Å². The highest BCUT2D eigenvalue weighted by atomic mass is 32.2. The maximum absolute atomic E-state index is 12.8. The Morgan fingerprint density at radius 3 is 1.74 bits per heavy atom. The van der Waals surface area contributed by atoms with Gasteiger partial charge in [0.05, 0.1) is 0 Å². The molecule has 0 saturated carbocycles. The van der Waals surface area contributed by atoms with Crippen LogP contribution in [-0.2, 0) is 20.2 Å². The van der Waals surface area contributed by atoms with Gasteiger partial charge in [0.15, 0.2) is 12.0 Å². The van der Waals surface area contributed by atoms with Crippen LogP contribution in [0, 0.1) is 26.2 Å². The van der Waals surface area contributed by atoms with Gasteiger partial charge in [0.25, 0.3) is 0 Å². The number of terminal acetylenes is 1. The number of hydrogen-bond donors (Lipinski definition) is 0. The quantitative estimate of drug-likeness (QED) is 0.249. The smallest absolute Gasteiger partial charge is 0.339 e. The van der Waals surface area contributed by atoms with Gasteiger partial charge in [-0.05, 0) is 38.1 Å². The molecule has 3 aromatic carbocycles. The summed E-state index contributed by atoms with van der Waals surface area (Å²) in [6.45, 7) is 3.30. The molecule has 0 amide bonds. The highest BCUT2D eigenvalue weighted by Crippen LogP contribution is 2.36. The number of carbonyl (C=O) groups is 1. The average molecular weight is 501 g/mol. The molecule has 3 rings (SSSR count). The zero-order valence-corrected chi connectivity index (χ0v) is 19.9. The highest BCUT2D eigenvalue weighted by Gasteiger charge is 2.24. The first-order valence-electron chi connectivity index (χ1n) is 9.77. The van der Waals surface area contributed by atoms with Crippen LogP contribution >= 0.6 is 0 Å². The van der Waals surface area contributed by atoms with Gasteiger partial charge in [0.1, 0.15) is 33.5 Å². The second-order valence-electron chi connectivity index (χ2n) is 7.14. The fourth-order valence-electron chi connectivity index (χ4n) is 2.80. The molecule has 0 aliphatic carbocycles. The van der Waals surface area contributed by atoms with E-state index >= 15 is 0 Å². The molecule has 0 atom stereocenters. The molecule has 0 radical (unpaired) electrons. The van der Waals surface area contributed by atoms with E-state index in [9.17, 15) is 21.6 Å². The molecule has 3 aromatic rings. The van der Waals surface area contributed by atoms with E-state index in [2.05, 4.69) is 5.92 Å². The summed E-state index contributed by atoms with van der Waals surface area (Å²) in [6, 6.07) is 13.8. The minimum Gasteiger partial charge on any atom is -0.480 e. The lowest BCUT2D eigenvalue weighted by Gasteiger charge is -2.15. The van der Waals surface area contributed by atoms with Gasteiger partial charge in [0, 0.05) is 12.1 Å². The van der Waals surface area contributed by atoms with Crippen molar-refractivity contribution in [3.63, 3.8) is 0 Å². The van der Waals surface area contributed by atoms with Gasteiger partial charge in [-0.15, -0.1) is 6.42 Å². The summed E-state index contributed by atoms with van der Waals surface area (Å²) in [6.07, 6.45) is 5.52. The van der Waals surface area contributed by atoms with Crippen molar-refractivity contribution in [2.45, 2.75) is 23.6 Å². The van der Waals surface area contributed by atoms with Gasteiger partial charge in [0.2, 0.25) is 0 Å². The summed E-state index contributed by atoms with van der Waals surface area (Å²) in [5.74, 6) is 1.17. The van der Waals surface area contributed by atoms with Crippen LogP contribution in [0.3, 0.4) is 0 Å². The fourth-order valence-corrected chi connectivity index (χ4v) is 4.66. The summed E-state index contributed by atoms with van der Waals surface area (Å²) in [7, 11) is -8.67. The number of rotatable bonds is 9. The van der Waals surface area contributed by atoms with Crippen LogP contribution in [-0.4, -0.2) is 29.7 Å². The number of hydrogen-bond acceptors (Lipinski definition) is 8. The number of aryl methyl sites for hydroxylation is 2. The van der Waals surface area contributed by atoms with Crippen molar-refractivity contribution in [2.75, 3.05) is 6.61 Å². The Morgan fingerprint density at radius 1 is 0.794 bits per heavy atom. The monoisotopic (exact) mass is 500 g/mol. The van der Waals surface area contributed by atoms with E-state index in [1.165, 1.54) is 24.3 Å². The second-order valence-corrected chi connectivity index (χ2v) is 10.2. The lowest BCUT2D eigenvalue weighted by Crippen LogP contribution is -2.13. The van der Waals surface area contributed by atoms with Crippen LogP contribution < -0.4 is 13.1 Å². The number of benzene rings is 3. The van der Waals surface area contributed by atoms with Crippen molar-refractivity contribution >= 4 is 26.5 Å². The van der Waals surface area contributed by atoms with Crippen molar-refractivity contribution in [3.8, 4) is 29.6 Å². The molecular weight excluding hydrogens is 480 g/mol. The van der Waals surface area contributed by atoms with Gasteiger partial charge < -0.3 is 13.1 Å². The SMILES string of the molecule is C#CCOc1cc(OS(=O)(=O)c2ccc(C)cc2)cc(OS(=O)(=O)c2ccc(C)cc2)c1C=O. The van der Waals surface area contributed by atoms with Crippen LogP contribution in [0.2, 0.25) is 0 Å². The first kappa shape index (κ1) is 24.8. The van der Waals surface area contributed by atoms with Crippen LogP contribution in [0.25, 0.3) is 0 Å². The van der Waals surface area contributed by atoms with Crippen LogP contribution in [0.4, 0.5) is 0 Å². The van der Waals surface area contributed by atoms with E-state index in [0.717, 1.165) is 23.3 Å². The number of aldehydes is 1. The molecule has 0 aliphatic heterocycles. The van der Waals surface area contributed by atoms with E-state index in [0.29, 0.717) is 6.29 Å². The Labute approximate surface area is 198 Å². The van der Waals surface area contributed by atoms with E-state index in [1.807, 2.05) is 0 Å². The van der Waals surface area contributed by atoms with Crippen molar-refractivity contribution in [2.24, 2.45) is 0 Å². The van der Waals surface area contributed by atoms with Crippen LogP contribution in [0.5, 0.6) is 17.2 Å². The minimum absolute atomic E-state index is 0.126. The van der Waals surface area contributed by atoms with Gasteiger partial charge in [-0.1, -0.05) is 41.3 Å². The Balaban J connectivity index is 2.07. The van der Waals surface area contributed by atoms with Gasteiger partial charge in [-0.3, -0.25) is 4.79 Å². The molecule has 0 fully saturated rings. The Morgan fingerprint density at radius 2 is 1.26 bits per heavy atom. The molecule has 10 heteroatoms. The van der Waals surface area contributed by atoms with Crippen molar-refractivity contribution in [1.29, 1.82) is 0 Å². The summed E-state index contributed by atoms with van der Waals surface area (Å²) >= 11 is 0. The molecule has 0 bridgehead atoms. The largest absolute Gasteiger partial charge is 0.480 e. The zero-order chi connectivity index (χ0) is 24.9. The van der Waals surface area contributed by atoms with Crippen molar-refractivity contribution in [3.05, 3.63) is 77.4 Å². The standard InChI is InChI=1S/C24H20O8S2/c1-4-13-30-23-14-19(31-33(26,27)20-9-5-17(2)6-10-20)15-24(22(23)16-25)32-34(28,29)21-11-7-18(3)8-12-21/h1,5-12,14-16H,13H2,2-3H3. The zero-order valence-electron chi connectivity index (χ0n) is 18.2. The van der Waals surface area contributed by atoms with Crippen molar-refractivity contribution in [1.82, 2.24) is 0 Å². The fraction of sp³-hybridized carbons (Fsp3) is 0.125. The lowest BCUT2D eigenvalue weighted by atomic mass is 10.2. The molecule has 0 N–H and O–H groups in total. The number of carbonyl (C=O) groups excluding carboxylic acids is 1. The van der Waals surface area contributed by atoms with E-state index in [1.54, 1.807) is 38.1 Å². The average Bonchev–Trinajstić information content (AvgIpc) is 2.77. The third kappa shape index (κ3) is 5.75. The predicted octanol–water partition coefficient (Wildman–Crippen LogP) is 3.66. The molecule has 0 aromatic heterocycles. The molecule has 176 valence electrons. The molecule has 0 unspecified atom stereocenters. The lowest BCUT2D eigenvalue weighted by molar-refractivity contribution is 0.111. The topological polar surface area (TPSA) is 113 Å². The molecule has 0 aliphatic rings. The summed E-state index contributed by atoms with van der Waals surface area (Å²) in [4.78, 5) is 11.5. The first-order valence-corrected chi connectivity index (χ1v) is 12.6. The molecule has 0 spiro atoms. The summed E-state index contributed by atoms with van der Waals surface area (Å²) < 4.78 is 66.7. The third-order valence-electron chi connectivity index (χ3n) is 4.53. The molecule has 0 saturated heterocycles. The Hall–Kier alpha value is -3.81. The Bertz CT molecular complexity index is 1450. The van der Waals surface area contributed by atoms with E-state index in [4.69, 9.17) is 19.5 Å². The third-order valence-corrected chi connectivity index (χ3v) is 7.04. The van der Waals surface area contributed by atoms with E-state index in [-0.39, 0.29) is 33.5 Å². The summed E-state index contributed by atoms with van der Waals surface area (Å²) in [5, 5.41) is 0. The molecule has 34 heavy (non-hydrogen) atoms. The van der Waals surface area contributed by atoms with E-state index < -0.39 is 26.0 Å². The molecule has 8 nitrogen and oxygen atoms in total. The highest BCUT2D eigenvalue weighted by molar-refractivity contribution is 7.87. The first-order chi connectivity index (χ1) is 16.1. The minimum atomic E-state index is -4.38. The maximum Gasteiger partial charge on any atom is 0.339 e. The van der Waals surface area contributed by atoms with Gasteiger partial charge in [-0.25, -0.2) is 0 Å². The van der Waals surface area contributed by atoms with Crippen LogP contribution in [0.1, 0.15) is 21.5 Å². The Kier molecular flexibility index (Phi) is 7.29. The number of ether oxygens (including phenoxy) is 1. The normalized spacial score (nSPS) is 11.3. The predicted molar refractivity (Wildman–Crippen MR) is 124 cm³/mol. The van der Waals surface area contributed by atoms with Gasteiger partial charge >= 0.3 is 20.2 Å². The van der Waals surface area contributed by atoms with Gasteiger partial charge in [-0.2, -0.15) is 16.8 Å². The second kappa shape index (κ2) is 9.99.